The van der Waals surface area contributed by atoms with E-state index >= 15 is 0 Å². The van der Waals surface area contributed by atoms with Gasteiger partial charge < -0.3 is 4.90 Å². The third-order valence-electron chi connectivity index (χ3n) is 3.74. The molecule has 0 amide bonds. The number of piperazine rings is 1. The zero-order chi connectivity index (χ0) is 10.3. The highest BCUT2D eigenvalue weighted by Crippen LogP contribution is 2.32. The molecule has 0 spiro atoms. The Labute approximate surface area is 91.5 Å². The van der Waals surface area contributed by atoms with Gasteiger partial charge in [-0.1, -0.05) is 30.3 Å². The van der Waals surface area contributed by atoms with E-state index in [0.717, 1.165) is 18.6 Å². The van der Waals surface area contributed by atoms with Crippen molar-refractivity contribution in [3.8, 4) is 0 Å². The molecule has 4 rings (SSSR count). The molecule has 2 atom stereocenters. The number of fused-ring (bicyclic) bond motifs is 2. The molecule has 2 bridgehead atoms. The van der Waals surface area contributed by atoms with Gasteiger partial charge in [-0.25, -0.2) is 0 Å². The van der Waals surface area contributed by atoms with Crippen molar-refractivity contribution in [1.29, 1.82) is 0 Å². The lowest BCUT2D eigenvalue weighted by molar-refractivity contribution is -0.0668. The smallest absolute Gasteiger partial charge is 0.0245 e. The fraction of sp³-hybridized carbons (Fsp3) is 0.538. The highest BCUT2D eigenvalue weighted by atomic mass is 15.3. The SMILES string of the molecule is CN1CC2CC(C1)N2Cc1ccccc1. The van der Waals surface area contributed by atoms with Crippen molar-refractivity contribution < 1.29 is 0 Å². The second-order valence-corrected chi connectivity index (χ2v) is 4.92. The van der Waals surface area contributed by atoms with Crippen LogP contribution in [0.1, 0.15) is 12.0 Å². The van der Waals surface area contributed by atoms with E-state index in [1.54, 1.807) is 0 Å². The van der Waals surface area contributed by atoms with Gasteiger partial charge >= 0.3 is 0 Å². The van der Waals surface area contributed by atoms with Crippen LogP contribution < -0.4 is 0 Å². The first-order valence-electron chi connectivity index (χ1n) is 5.81. The first-order valence-corrected chi connectivity index (χ1v) is 5.81. The van der Waals surface area contributed by atoms with Gasteiger partial charge in [-0.3, -0.25) is 4.90 Å². The molecule has 0 saturated carbocycles. The minimum Gasteiger partial charge on any atom is -0.303 e. The predicted octanol–water partition coefficient (Wildman–Crippen LogP) is 1.57. The maximum atomic E-state index is 2.66. The molecule has 1 aromatic rings. The van der Waals surface area contributed by atoms with Crippen LogP contribution in [0.2, 0.25) is 0 Å². The lowest BCUT2D eigenvalue weighted by Crippen LogP contribution is -2.67. The summed E-state index contributed by atoms with van der Waals surface area (Å²) < 4.78 is 0. The standard InChI is InChI=1S/C13H18N2/c1-14-9-12-7-13(10-14)15(12)8-11-5-3-2-4-6-11/h2-6,12-13H,7-10H2,1H3. The Kier molecular flexibility index (Phi) is 2.26. The lowest BCUT2D eigenvalue weighted by Gasteiger charge is -2.56. The first-order chi connectivity index (χ1) is 7.33. The van der Waals surface area contributed by atoms with Crippen LogP contribution >= 0.6 is 0 Å². The summed E-state index contributed by atoms with van der Waals surface area (Å²) in [5, 5.41) is 0. The molecule has 0 N–H and O–H groups in total. The highest BCUT2D eigenvalue weighted by molar-refractivity contribution is 5.16. The highest BCUT2D eigenvalue weighted by Gasteiger charge is 2.42. The van der Waals surface area contributed by atoms with Crippen molar-refractivity contribution in [1.82, 2.24) is 9.80 Å². The zero-order valence-electron chi connectivity index (χ0n) is 9.26. The van der Waals surface area contributed by atoms with Gasteiger partial charge in [-0.2, -0.15) is 0 Å². The Morgan fingerprint density at radius 2 is 1.80 bits per heavy atom. The molecular formula is C13H18N2. The summed E-state index contributed by atoms with van der Waals surface area (Å²) in [5.41, 5.74) is 1.46. The van der Waals surface area contributed by atoms with E-state index in [9.17, 15) is 0 Å². The maximum Gasteiger partial charge on any atom is 0.0245 e. The Hall–Kier alpha value is -0.860. The van der Waals surface area contributed by atoms with Gasteiger partial charge in [-0.05, 0) is 19.0 Å². The van der Waals surface area contributed by atoms with Gasteiger partial charge in [0.1, 0.15) is 0 Å². The second-order valence-electron chi connectivity index (χ2n) is 4.92. The average molecular weight is 202 g/mol. The molecule has 2 heteroatoms. The number of piperidine rings is 1. The normalized spacial score (nSPS) is 31.3. The fourth-order valence-electron chi connectivity index (χ4n) is 2.95. The number of nitrogens with zero attached hydrogens (tertiary/aromatic N) is 2. The van der Waals surface area contributed by atoms with Crippen molar-refractivity contribution >= 4 is 0 Å². The lowest BCUT2D eigenvalue weighted by atomic mass is 9.87. The van der Waals surface area contributed by atoms with Crippen LogP contribution in [-0.4, -0.2) is 42.0 Å². The Bertz CT molecular complexity index is 324. The molecule has 0 aliphatic carbocycles. The van der Waals surface area contributed by atoms with E-state index < -0.39 is 0 Å². The third-order valence-corrected chi connectivity index (χ3v) is 3.74. The molecular weight excluding hydrogens is 184 g/mol. The first kappa shape index (κ1) is 9.37. The maximum absolute atomic E-state index is 2.66. The van der Waals surface area contributed by atoms with Crippen molar-refractivity contribution in [2.75, 3.05) is 20.1 Å². The predicted molar refractivity (Wildman–Crippen MR) is 61.7 cm³/mol. The van der Waals surface area contributed by atoms with Gasteiger partial charge in [0.2, 0.25) is 0 Å². The molecule has 80 valence electrons. The summed E-state index contributed by atoms with van der Waals surface area (Å²) in [5.74, 6) is 0. The van der Waals surface area contributed by atoms with Crippen LogP contribution in [0.15, 0.2) is 30.3 Å². The van der Waals surface area contributed by atoms with Gasteiger partial charge in [0.15, 0.2) is 0 Å². The molecule has 3 fully saturated rings. The van der Waals surface area contributed by atoms with Gasteiger partial charge in [0.25, 0.3) is 0 Å². The molecule has 3 aliphatic rings. The molecule has 0 aromatic heterocycles. The fourth-order valence-corrected chi connectivity index (χ4v) is 2.95. The van der Waals surface area contributed by atoms with E-state index in [4.69, 9.17) is 0 Å². The van der Waals surface area contributed by atoms with Crippen molar-refractivity contribution in [2.45, 2.75) is 25.0 Å². The largest absolute Gasteiger partial charge is 0.303 e. The Balaban J connectivity index is 1.66. The minimum atomic E-state index is 0.814. The minimum absolute atomic E-state index is 0.814. The Morgan fingerprint density at radius 1 is 1.13 bits per heavy atom. The van der Waals surface area contributed by atoms with Crippen LogP contribution in [-0.2, 0) is 6.54 Å². The second kappa shape index (κ2) is 3.62. The number of likely N-dealkylation sites (N-methyl/N-ethyl adjacent to an activating group) is 1. The van der Waals surface area contributed by atoms with Crippen LogP contribution in [0.25, 0.3) is 0 Å². The zero-order valence-corrected chi connectivity index (χ0v) is 9.26. The van der Waals surface area contributed by atoms with E-state index in [1.165, 1.54) is 25.1 Å². The number of hydrogen-bond donors (Lipinski definition) is 0. The molecule has 2 unspecified atom stereocenters. The quantitative estimate of drug-likeness (QED) is 0.718. The monoisotopic (exact) mass is 202 g/mol. The van der Waals surface area contributed by atoms with Gasteiger partial charge in [0.05, 0.1) is 0 Å². The summed E-state index contributed by atoms with van der Waals surface area (Å²) in [6, 6.07) is 12.5. The number of hydrogen-bond acceptors (Lipinski definition) is 2. The molecule has 0 radical (unpaired) electrons. The third kappa shape index (κ3) is 1.68. The van der Waals surface area contributed by atoms with E-state index in [-0.39, 0.29) is 0 Å². The van der Waals surface area contributed by atoms with Crippen LogP contribution in [0.4, 0.5) is 0 Å². The van der Waals surface area contributed by atoms with E-state index in [0.29, 0.717) is 0 Å². The molecule has 2 nitrogen and oxygen atoms in total. The average Bonchev–Trinajstić information content (AvgIpc) is 2.27. The molecule has 1 aromatic carbocycles. The summed E-state index contributed by atoms with van der Waals surface area (Å²) in [6.07, 6.45) is 1.41. The molecule has 3 heterocycles. The van der Waals surface area contributed by atoms with Crippen LogP contribution in [0.3, 0.4) is 0 Å². The van der Waals surface area contributed by atoms with Gasteiger partial charge in [-0.15, -0.1) is 0 Å². The van der Waals surface area contributed by atoms with Crippen molar-refractivity contribution in [3.63, 3.8) is 0 Å². The molecule has 3 aliphatic heterocycles. The van der Waals surface area contributed by atoms with Crippen LogP contribution in [0, 0.1) is 0 Å². The van der Waals surface area contributed by atoms with E-state index in [1.807, 2.05) is 0 Å². The summed E-state index contributed by atoms with van der Waals surface area (Å²) in [6.45, 7) is 3.65. The Morgan fingerprint density at radius 3 is 2.47 bits per heavy atom. The van der Waals surface area contributed by atoms with E-state index in [2.05, 4.69) is 47.2 Å². The molecule has 3 saturated heterocycles. The topological polar surface area (TPSA) is 6.48 Å². The summed E-state index contributed by atoms with van der Waals surface area (Å²) in [4.78, 5) is 5.12. The van der Waals surface area contributed by atoms with Gasteiger partial charge in [0, 0.05) is 31.7 Å². The number of rotatable bonds is 2. The van der Waals surface area contributed by atoms with Crippen molar-refractivity contribution in [2.24, 2.45) is 0 Å². The van der Waals surface area contributed by atoms with Crippen molar-refractivity contribution in [3.05, 3.63) is 35.9 Å². The molecule has 15 heavy (non-hydrogen) atoms. The van der Waals surface area contributed by atoms with Crippen LogP contribution in [0.5, 0.6) is 0 Å². The summed E-state index contributed by atoms with van der Waals surface area (Å²) in [7, 11) is 2.24. The summed E-state index contributed by atoms with van der Waals surface area (Å²) >= 11 is 0. The number of benzene rings is 1.